The number of amides is 2. The van der Waals surface area contributed by atoms with E-state index in [1.54, 1.807) is 0 Å². The molecule has 27 heavy (non-hydrogen) atoms. The molecule has 140 valence electrons. The topological polar surface area (TPSA) is 61.4 Å². The SMILES string of the molecule is O=C1C[C@@H](C(=O)NCCCN2Cc3ccccc3C2)c2cc(F)ccc2N1. The van der Waals surface area contributed by atoms with Crippen LogP contribution in [0.1, 0.15) is 35.4 Å². The quantitative estimate of drug-likeness (QED) is 0.799. The van der Waals surface area contributed by atoms with E-state index < -0.39 is 11.7 Å². The lowest BCUT2D eigenvalue weighted by Gasteiger charge is -2.25. The first-order valence-corrected chi connectivity index (χ1v) is 9.26. The van der Waals surface area contributed by atoms with Gasteiger partial charge in [-0.05, 0) is 41.3 Å². The first-order valence-electron chi connectivity index (χ1n) is 9.26. The number of hydrogen-bond acceptors (Lipinski definition) is 3. The molecule has 5 nitrogen and oxygen atoms in total. The van der Waals surface area contributed by atoms with E-state index in [4.69, 9.17) is 0 Å². The molecule has 0 unspecified atom stereocenters. The third-order valence-electron chi connectivity index (χ3n) is 5.23. The fourth-order valence-electron chi connectivity index (χ4n) is 3.87. The van der Waals surface area contributed by atoms with Crippen LogP contribution in [0.3, 0.4) is 0 Å². The molecule has 4 rings (SSSR count). The van der Waals surface area contributed by atoms with Gasteiger partial charge in [0.05, 0.1) is 5.92 Å². The third-order valence-corrected chi connectivity index (χ3v) is 5.23. The summed E-state index contributed by atoms with van der Waals surface area (Å²) in [7, 11) is 0. The minimum absolute atomic E-state index is 0.0454. The zero-order valence-electron chi connectivity index (χ0n) is 15.0. The van der Waals surface area contributed by atoms with Crippen LogP contribution in [-0.4, -0.2) is 29.8 Å². The molecule has 2 N–H and O–H groups in total. The van der Waals surface area contributed by atoms with Crippen molar-refractivity contribution in [2.75, 3.05) is 18.4 Å². The van der Waals surface area contributed by atoms with Gasteiger partial charge in [0, 0.05) is 38.3 Å². The number of benzene rings is 2. The Kier molecular flexibility index (Phi) is 4.90. The van der Waals surface area contributed by atoms with E-state index in [1.807, 2.05) is 0 Å². The van der Waals surface area contributed by atoms with E-state index in [9.17, 15) is 14.0 Å². The molecule has 0 aliphatic carbocycles. The first kappa shape index (κ1) is 17.7. The van der Waals surface area contributed by atoms with Crippen molar-refractivity contribution in [1.29, 1.82) is 0 Å². The fourth-order valence-corrected chi connectivity index (χ4v) is 3.87. The van der Waals surface area contributed by atoms with Crippen LogP contribution in [0.4, 0.5) is 10.1 Å². The summed E-state index contributed by atoms with van der Waals surface area (Å²) in [5.74, 6) is -1.48. The summed E-state index contributed by atoms with van der Waals surface area (Å²) >= 11 is 0. The Labute approximate surface area is 157 Å². The maximum absolute atomic E-state index is 13.6. The minimum Gasteiger partial charge on any atom is -0.356 e. The standard InChI is InChI=1S/C21H22FN3O2/c22-16-6-7-19-17(10-16)18(11-20(26)24-19)21(27)23-8-3-9-25-12-14-4-1-2-5-15(14)13-25/h1-2,4-7,10,18H,3,8-9,11-13H2,(H,23,27)(H,24,26)/t18-/m1/s1. The van der Waals surface area contributed by atoms with Gasteiger partial charge in [-0.3, -0.25) is 14.5 Å². The average Bonchev–Trinajstić information content (AvgIpc) is 3.07. The predicted octanol–water partition coefficient (Wildman–Crippen LogP) is 2.77. The van der Waals surface area contributed by atoms with Crippen molar-refractivity contribution in [3.05, 3.63) is 65.0 Å². The number of halogens is 1. The van der Waals surface area contributed by atoms with Crippen molar-refractivity contribution < 1.29 is 14.0 Å². The third kappa shape index (κ3) is 3.85. The second-order valence-electron chi connectivity index (χ2n) is 7.16. The highest BCUT2D eigenvalue weighted by Crippen LogP contribution is 2.32. The monoisotopic (exact) mass is 367 g/mol. The van der Waals surface area contributed by atoms with Crippen LogP contribution in [-0.2, 0) is 22.7 Å². The zero-order chi connectivity index (χ0) is 18.8. The van der Waals surface area contributed by atoms with Crippen molar-refractivity contribution >= 4 is 17.5 Å². The summed E-state index contributed by atoms with van der Waals surface area (Å²) in [6.45, 7) is 3.32. The van der Waals surface area contributed by atoms with Crippen LogP contribution < -0.4 is 10.6 Å². The van der Waals surface area contributed by atoms with Crippen LogP contribution >= 0.6 is 0 Å². The van der Waals surface area contributed by atoms with Crippen LogP contribution in [0.5, 0.6) is 0 Å². The summed E-state index contributed by atoms with van der Waals surface area (Å²) in [5, 5.41) is 5.60. The molecule has 2 aromatic rings. The lowest BCUT2D eigenvalue weighted by atomic mass is 9.89. The van der Waals surface area contributed by atoms with Crippen LogP contribution in [0.25, 0.3) is 0 Å². The van der Waals surface area contributed by atoms with Gasteiger partial charge in [-0.1, -0.05) is 24.3 Å². The van der Waals surface area contributed by atoms with Gasteiger partial charge in [-0.2, -0.15) is 0 Å². The molecule has 0 radical (unpaired) electrons. The average molecular weight is 367 g/mol. The Morgan fingerprint density at radius 2 is 1.93 bits per heavy atom. The van der Waals surface area contributed by atoms with Gasteiger partial charge < -0.3 is 10.6 Å². The molecule has 0 aromatic heterocycles. The lowest BCUT2D eigenvalue weighted by molar-refractivity contribution is -0.126. The number of nitrogens with one attached hydrogen (secondary N) is 2. The Bertz CT molecular complexity index is 858. The van der Waals surface area contributed by atoms with Gasteiger partial charge in [0.2, 0.25) is 11.8 Å². The Morgan fingerprint density at radius 1 is 1.19 bits per heavy atom. The molecule has 2 aromatic carbocycles. The normalized spacial score (nSPS) is 18.6. The summed E-state index contributed by atoms with van der Waals surface area (Å²) in [5.41, 5.74) is 3.80. The zero-order valence-corrected chi connectivity index (χ0v) is 15.0. The molecule has 0 saturated heterocycles. The van der Waals surface area contributed by atoms with E-state index in [0.717, 1.165) is 26.1 Å². The molecule has 2 heterocycles. The molecule has 2 aliphatic heterocycles. The maximum Gasteiger partial charge on any atom is 0.228 e. The highest BCUT2D eigenvalue weighted by molar-refractivity contribution is 6.01. The maximum atomic E-state index is 13.6. The lowest BCUT2D eigenvalue weighted by Crippen LogP contribution is -2.36. The van der Waals surface area contributed by atoms with Crippen LogP contribution in [0.2, 0.25) is 0 Å². The highest BCUT2D eigenvalue weighted by Gasteiger charge is 2.30. The van der Waals surface area contributed by atoms with Crippen molar-refractivity contribution in [3.63, 3.8) is 0 Å². The Balaban J connectivity index is 1.29. The summed E-state index contributed by atoms with van der Waals surface area (Å²) < 4.78 is 13.6. The fraction of sp³-hybridized carbons (Fsp3) is 0.333. The number of nitrogens with zero attached hydrogens (tertiary/aromatic N) is 1. The number of carbonyl (C=O) groups is 2. The minimum atomic E-state index is -0.638. The van der Waals surface area contributed by atoms with Crippen molar-refractivity contribution in [2.45, 2.75) is 31.8 Å². The van der Waals surface area contributed by atoms with E-state index in [1.165, 1.54) is 29.3 Å². The molecule has 0 bridgehead atoms. The smallest absolute Gasteiger partial charge is 0.228 e. The summed E-state index contributed by atoms with van der Waals surface area (Å²) in [6, 6.07) is 12.6. The molecule has 6 heteroatoms. The summed E-state index contributed by atoms with van der Waals surface area (Å²) in [4.78, 5) is 26.8. The van der Waals surface area contributed by atoms with Gasteiger partial charge in [-0.25, -0.2) is 4.39 Å². The van der Waals surface area contributed by atoms with Gasteiger partial charge in [0.1, 0.15) is 5.82 Å². The highest BCUT2D eigenvalue weighted by atomic mass is 19.1. The molecule has 2 aliphatic rings. The van der Waals surface area contributed by atoms with Gasteiger partial charge in [0.15, 0.2) is 0 Å². The number of rotatable bonds is 5. The number of carbonyl (C=O) groups excluding carboxylic acids is 2. The molecule has 0 spiro atoms. The van der Waals surface area contributed by atoms with Gasteiger partial charge in [-0.15, -0.1) is 0 Å². The van der Waals surface area contributed by atoms with E-state index >= 15 is 0 Å². The van der Waals surface area contributed by atoms with Crippen molar-refractivity contribution in [1.82, 2.24) is 10.2 Å². The Morgan fingerprint density at radius 3 is 2.67 bits per heavy atom. The van der Waals surface area contributed by atoms with Crippen LogP contribution in [0, 0.1) is 5.82 Å². The Hall–Kier alpha value is -2.73. The largest absolute Gasteiger partial charge is 0.356 e. The molecular weight excluding hydrogens is 345 g/mol. The van der Waals surface area contributed by atoms with Crippen LogP contribution in [0.15, 0.2) is 42.5 Å². The van der Waals surface area contributed by atoms with E-state index in [-0.39, 0.29) is 18.2 Å². The molecular formula is C21H22FN3O2. The number of hydrogen-bond donors (Lipinski definition) is 2. The van der Waals surface area contributed by atoms with E-state index in [0.29, 0.717) is 17.8 Å². The first-order chi connectivity index (χ1) is 13.1. The van der Waals surface area contributed by atoms with Crippen molar-refractivity contribution in [2.24, 2.45) is 0 Å². The molecule has 0 saturated carbocycles. The summed E-state index contributed by atoms with van der Waals surface area (Å²) in [6.07, 6.45) is 0.873. The second-order valence-corrected chi connectivity index (χ2v) is 7.16. The van der Waals surface area contributed by atoms with Crippen molar-refractivity contribution in [3.8, 4) is 0 Å². The molecule has 1 atom stereocenters. The van der Waals surface area contributed by atoms with Gasteiger partial charge in [0.25, 0.3) is 0 Å². The predicted molar refractivity (Wildman–Crippen MR) is 101 cm³/mol. The number of anilines is 1. The molecule has 2 amide bonds. The van der Waals surface area contributed by atoms with E-state index in [2.05, 4.69) is 39.8 Å². The molecule has 0 fully saturated rings. The van der Waals surface area contributed by atoms with Gasteiger partial charge >= 0.3 is 0 Å². The number of fused-ring (bicyclic) bond motifs is 2. The second kappa shape index (κ2) is 7.48.